The van der Waals surface area contributed by atoms with Crippen molar-refractivity contribution < 1.29 is 23.1 Å². The minimum atomic E-state index is -4.37. The van der Waals surface area contributed by atoms with Crippen molar-refractivity contribution in [2.75, 3.05) is 6.54 Å². The van der Waals surface area contributed by atoms with Gasteiger partial charge in [0.2, 0.25) is 5.91 Å². The number of carbonyl (C=O) groups excluding carboxylic acids is 1. The van der Waals surface area contributed by atoms with Crippen LogP contribution < -0.4 is 0 Å². The summed E-state index contributed by atoms with van der Waals surface area (Å²) in [6, 6.07) is 4.71. The van der Waals surface area contributed by atoms with Crippen molar-refractivity contribution in [3.05, 3.63) is 35.4 Å². The van der Waals surface area contributed by atoms with Crippen LogP contribution in [0.3, 0.4) is 0 Å². The number of hydrogen-bond donors (Lipinski definition) is 1. The molecule has 1 atom stereocenters. The van der Waals surface area contributed by atoms with Crippen LogP contribution in [-0.2, 0) is 11.0 Å². The predicted octanol–water partition coefficient (Wildman–Crippen LogP) is 2.80. The number of hydrogen-bond acceptors (Lipinski definition) is 3. The van der Waals surface area contributed by atoms with Crippen molar-refractivity contribution in [3.8, 4) is 0 Å². The summed E-state index contributed by atoms with van der Waals surface area (Å²) in [7, 11) is 0. The van der Waals surface area contributed by atoms with Gasteiger partial charge < -0.3 is 5.11 Å². The molecule has 2 rings (SSSR count). The number of nitrogens with zero attached hydrogens (tertiary/aromatic N) is 2. The number of carbonyl (C=O) groups is 1. The van der Waals surface area contributed by atoms with E-state index in [2.05, 4.69) is 5.10 Å². The molecule has 0 aliphatic carbocycles. The third-order valence-corrected chi connectivity index (χ3v) is 3.51. The van der Waals surface area contributed by atoms with E-state index in [0.29, 0.717) is 24.1 Å². The number of halogens is 3. The molecular formula is C15H17F3N2O2. The smallest absolute Gasteiger partial charge is 0.391 e. The highest BCUT2D eigenvalue weighted by Gasteiger charge is 2.30. The second-order valence-corrected chi connectivity index (χ2v) is 5.16. The Morgan fingerprint density at radius 1 is 1.27 bits per heavy atom. The van der Waals surface area contributed by atoms with Crippen molar-refractivity contribution in [2.45, 2.75) is 38.5 Å². The molecule has 1 aromatic rings. The molecule has 0 spiro atoms. The lowest BCUT2D eigenvalue weighted by molar-refractivity contribution is -0.137. The van der Waals surface area contributed by atoms with Crippen LogP contribution in [0.4, 0.5) is 13.2 Å². The Morgan fingerprint density at radius 2 is 1.91 bits per heavy atom. The van der Waals surface area contributed by atoms with Gasteiger partial charge in [0.15, 0.2) is 0 Å². The fourth-order valence-electron chi connectivity index (χ4n) is 2.13. The molecule has 120 valence electrons. The highest BCUT2D eigenvalue weighted by atomic mass is 19.4. The second-order valence-electron chi connectivity index (χ2n) is 5.16. The maximum atomic E-state index is 12.5. The highest BCUT2D eigenvalue weighted by Crippen LogP contribution is 2.29. The zero-order valence-corrected chi connectivity index (χ0v) is 12.1. The number of alkyl halides is 3. The average Bonchev–Trinajstić information content (AvgIpc) is 2.48. The molecule has 1 amide bonds. The number of β-amino-alcohol motifs (C(OH)–C–C–N with tert-alkyl or cyclic N) is 1. The van der Waals surface area contributed by atoms with Crippen LogP contribution in [0.5, 0.6) is 0 Å². The molecule has 1 N–H and O–H groups in total. The maximum absolute atomic E-state index is 12.5. The van der Waals surface area contributed by atoms with Gasteiger partial charge in [0, 0.05) is 12.8 Å². The topological polar surface area (TPSA) is 52.9 Å². The van der Waals surface area contributed by atoms with Crippen molar-refractivity contribution in [3.63, 3.8) is 0 Å². The fraction of sp³-hybridized carbons (Fsp3) is 0.467. The summed E-state index contributed by atoms with van der Waals surface area (Å²) < 4.78 is 37.6. The summed E-state index contributed by atoms with van der Waals surface area (Å²) in [4.78, 5) is 11.8. The van der Waals surface area contributed by atoms with Gasteiger partial charge in [0.05, 0.1) is 23.9 Å². The van der Waals surface area contributed by atoms with Gasteiger partial charge >= 0.3 is 6.18 Å². The number of aliphatic hydroxyl groups is 1. The molecule has 0 aromatic heterocycles. The van der Waals surface area contributed by atoms with E-state index in [4.69, 9.17) is 0 Å². The minimum absolute atomic E-state index is 0.0967. The Hall–Kier alpha value is -1.89. The lowest BCUT2D eigenvalue weighted by Gasteiger charge is -2.25. The van der Waals surface area contributed by atoms with Gasteiger partial charge in [-0.3, -0.25) is 4.79 Å². The molecule has 4 nitrogen and oxygen atoms in total. The third-order valence-electron chi connectivity index (χ3n) is 3.51. The first kappa shape index (κ1) is 16.5. The Labute approximate surface area is 126 Å². The number of amides is 1. The molecule has 0 fully saturated rings. The Kier molecular flexibility index (Phi) is 4.85. The molecule has 1 heterocycles. The SMILES string of the molecule is CCC(O)CN1N=C(c2ccc(C(F)(F)F)cc2)CCC1=O. The third kappa shape index (κ3) is 3.85. The molecule has 1 aromatic carbocycles. The fourth-order valence-corrected chi connectivity index (χ4v) is 2.13. The zero-order valence-electron chi connectivity index (χ0n) is 12.1. The molecule has 0 bridgehead atoms. The van der Waals surface area contributed by atoms with Gasteiger partial charge in [-0.25, -0.2) is 5.01 Å². The highest BCUT2D eigenvalue weighted by molar-refractivity contribution is 6.04. The van der Waals surface area contributed by atoms with Gasteiger partial charge in [0.1, 0.15) is 0 Å². The van der Waals surface area contributed by atoms with Crippen molar-refractivity contribution >= 4 is 11.6 Å². The summed E-state index contributed by atoms with van der Waals surface area (Å²) in [6.45, 7) is 1.89. The van der Waals surface area contributed by atoms with E-state index in [9.17, 15) is 23.1 Å². The molecule has 1 aliphatic heterocycles. The van der Waals surface area contributed by atoms with Gasteiger partial charge in [-0.15, -0.1) is 0 Å². The summed E-state index contributed by atoms with van der Waals surface area (Å²) in [6.07, 6.45) is -3.94. The maximum Gasteiger partial charge on any atom is 0.416 e. The van der Waals surface area contributed by atoms with E-state index < -0.39 is 17.8 Å². The minimum Gasteiger partial charge on any atom is -0.391 e. The van der Waals surface area contributed by atoms with E-state index in [0.717, 1.165) is 12.1 Å². The zero-order chi connectivity index (χ0) is 16.3. The van der Waals surface area contributed by atoms with E-state index >= 15 is 0 Å². The molecule has 0 saturated carbocycles. The van der Waals surface area contributed by atoms with Crippen LogP contribution in [-0.4, -0.2) is 34.4 Å². The molecular weight excluding hydrogens is 297 g/mol. The molecule has 1 aliphatic rings. The van der Waals surface area contributed by atoms with Crippen LogP contribution in [0, 0.1) is 0 Å². The van der Waals surface area contributed by atoms with E-state index in [1.54, 1.807) is 6.92 Å². The van der Waals surface area contributed by atoms with Crippen LogP contribution in [0.1, 0.15) is 37.3 Å². The number of benzene rings is 1. The Morgan fingerprint density at radius 3 is 2.45 bits per heavy atom. The standard InChI is InChI=1S/C15H17F3N2O2/c1-2-12(21)9-20-14(22)8-7-13(19-20)10-3-5-11(6-4-10)15(16,17)18/h3-6,12,21H,2,7-9H2,1H3. The van der Waals surface area contributed by atoms with Crippen LogP contribution in [0.2, 0.25) is 0 Å². The number of hydrazone groups is 1. The summed E-state index contributed by atoms with van der Waals surface area (Å²) >= 11 is 0. The molecule has 22 heavy (non-hydrogen) atoms. The first-order valence-corrected chi connectivity index (χ1v) is 7.04. The van der Waals surface area contributed by atoms with Gasteiger partial charge in [0.25, 0.3) is 0 Å². The summed E-state index contributed by atoms with van der Waals surface area (Å²) in [5, 5.41) is 15.0. The summed E-state index contributed by atoms with van der Waals surface area (Å²) in [5.41, 5.74) is 0.384. The van der Waals surface area contributed by atoms with E-state index in [-0.39, 0.29) is 18.9 Å². The largest absolute Gasteiger partial charge is 0.416 e. The lowest BCUT2D eigenvalue weighted by atomic mass is 10.0. The first-order valence-electron chi connectivity index (χ1n) is 7.04. The monoisotopic (exact) mass is 314 g/mol. The van der Waals surface area contributed by atoms with Crippen molar-refractivity contribution in [1.29, 1.82) is 0 Å². The summed E-state index contributed by atoms with van der Waals surface area (Å²) in [5.74, 6) is -0.192. The van der Waals surface area contributed by atoms with Gasteiger partial charge in [-0.1, -0.05) is 19.1 Å². The molecule has 0 radical (unpaired) electrons. The Bertz CT molecular complexity index is 567. The van der Waals surface area contributed by atoms with E-state index in [1.807, 2.05) is 0 Å². The average molecular weight is 314 g/mol. The van der Waals surface area contributed by atoms with Gasteiger partial charge in [-0.2, -0.15) is 18.3 Å². The molecule has 7 heteroatoms. The normalized spacial score (nSPS) is 17.4. The quantitative estimate of drug-likeness (QED) is 0.929. The predicted molar refractivity (Wildman–Crippen MR) is 75.2 cm³/mol. The van der Waals surface area contributed by atoms with Crippen LogP contribution >= 0.6 is 0 Å². The van der Waals surface area contributed by atoms with Gasteiger partial charge in [-0.05, 0) is 24.1 Å². The second kappa shape index (κ2) is 6.48. The van der Waals surface area contributed by atoms with Crippen LogP contribution in [0.15, 0.2) is 29.4 Å². The first-order chi connectivity index (χ1) is 10.3. The molecule has 1 unspecified atom stereocenters. The Balaban J connectivity index is 2.20. The van der Waals surface area contributed by atoms with Crippen LogP contribution in [0.25, 0.3) is 0 Å². The number of aliphatic hydroxyl groups excluding tert-OH is 1. The number of rotatable bonds is 4. The molecule has 0 saturated heterocycles. The van der Waals surface area contributed by atoms with E-state index in [1.165, 1.54) is 17.1 Å². The van der Waals surface area contributed by atoms with Crippen molar-refractivity contribution in [1.82, 2.24) is 5.01 Å². The van der Waals surface area contributed by atoms with Crippen molar-refractivity contribution in [2.24, 2.45) is 5.10 Å². The lowest BCUT2D eigenvalue weighted by Crippen LogP contribution is -2.37.